The van der Waals surface area contributed by atoms with E-state index in [-0.39, 0.29) is 18.6 Å². The van der Waals surface area contributed by atoms with Crippen molar-refractivity contribution in [2.75, 3.05) is 27.4 Å². The maximum Gasteiger partial charge on any atom is 0.249 e. The summed E-state index contributed by atoms with van der Waals surface area (Å²) in [6, 6.07) is 15.7. The van der Waals surface area contributed by atoms with Gasteiger partial charge in [0.1, 0.15) is 18.1 Å². The Kier molecular flexibility index (Phi) is 5.56. The van der Waals surface area contributed by atoms with Crippen molar-refractivity contribution in [2.24, 2.45) is 0 Å². The molecule has 0 unspecified atom stereocenters. The molecule has 25 heavy (non-hydrogen) atoms. The van der Waals surface area contributed by atoms with Crippen molar-refractivity contribution in [2.45, 2.75) is 19.0 Å². The Hall–Kier alpha value is -2.53. The summed E-state index contributed by atoms with van der Waals surface area (Å²) in [4.78, 5) is 14.6. The highest BCUT2D eigenvalue weighted by molar-refractivity contribution is 5.78. The Balaban J connectivity index is 1.95. The molecule has 0 aliphatic carbocycles. The van der Waals surface area contributed by atoms with Crippen molar-refractivity contribution < 1.29 is 19.0 Å². The summed E-state index contributed by atoms with van der Waals surface area (Å²) in [5.41, 5.74) is 2.06. The molecule has 0 N–H and O–H groups in total. The Morgan fingerprint density at radius 3 is 2.72 bits per heavy atom. The fourth-order valence-corrected chi connectivity index (χ4v) is 3.16. The Labute approximate surface area is 148 Å². The predicted molar refractivity (Wildman–Crippen MR) is 94.7 cm³/mol. The van der Waals surface area contributed by atoms with Crippen molar-refractivity contribution in [3.05, 3.63) is 59.7 Å². The van der Waals surface area contributed by atoms with Gasteiger partial charge in [0.2, 0.25) is 5.91 Å². The van der Waals surface area contributed by atoms with Gasteiger partial charge in [-0.15, -0.1) is 0 Å². The molecule has 1 atom stereocenters. The number of hydrogen-bond donors (Lipinski definition) is 0. The monoisotopic (exact) mass is 341 g/mol. The van der Waals surface area contributed by atoms with E-state index in [1.165, 1.54) is 0 Å². The SMILES string of the molecule is COCC(=O)N(Cc1ccccc1)[C@@H]1CCOc2ccc(OC)cc21. The van der Waals surface area contributed by atoms with E-state index < -0.39 is 0 Å². The van der Waals surface area contributed by atoms with Gasteiger partial charge in [-0.2, -0.15) is 0 Å². The summed E-state index contributed by atoms with van der Waals surface area (Å²) in [5, 5.41) is 0. The van der Waals surface area contributed by atoms with Crippen LogP contribution < -0.4 is 9.47 Å². The van der Waals surface area contributed by atoms with Gasteiger partial charge in [-0.05, 0) is 23.8 Å². The maximum absolute atomic E-state index is 12.7. The highest BCUT2D eigenvalue weighted by Gasteiger charge is 2.30. The van der Waals surface area contributed by atoms with Gasteiger partial charge in [0.05, 0.1) is 19.8 Å². The van der Waals surface area contributed by atoms with Gasteiger partial charge in [0.25, 0.3) is 0 Å². The average molecular weight is 341 g/mol. The van der Waals surface area contributed by atoms with Gasteiger partial charge in [0.15, 0.2) is 0 Å². The topological polar surface area (TPSA) is 48.0 Å². The zero-order valence-electron chi connectivity index (χ0n) is 14.6. The molecule has 1 amide bonds. The van der Waals surface area contributed by atoms with Crippen molar-refractivity contribution in [3.63, 3.8) is 0 Å². The molecule has 0 fully saturated rings. The lowest BCUT2D eigenvalue weighted by Gasteiger charge is -2.36. The Bertz CT molecular complexity index is 717. The summed E-state index contributed by atoms with van der Waals surface area (Å²) in [6.07, 6.45) is 0.739. The van der Waals surface area contributed by atoms with E-state index in [0.717, 1.165) is 29.0 Å². The second-order valence-corrected chi connectivity index (χ2v) is 6.00. The first-order valence-corrected chi connectivity index (χ1v) is 8.36. The van der Waals surface area contributed by atoms with Crippen LogP contribution in [0.15, 0.2) is 48.5 Å². The van der Waals surface area contributed by atoms with Crippen molar-refractivity contribution >= 4 is 5.91 Å². The fraction of sp³-hybridized carbons (Fsp3) is 0.350. The van der Waals surface area contributed by atoms with Crippen LogP contribution in [-0.4, -0.2) is 38.2 Å². The van der Waals surface area contributed by atoms with Crippen molar-refractivity contribution in [1.82, 2.24) is 4.90 Å². The van der Waals surface area contributed by atoms with Crippen LogP contribution in [0.5, 0.6) is 11.5 Å². The van der Waals surface area contributed by atoms with E-state index in [9.17, 15) is 4.79 Å². The number of methoxy groups -OCH3 is 2. The first kappa shape index (κ1) is 17.3. The second kappa shape index (κ2) is 8.03. The minimum Gasteiger partial charge on any atom is -0.497 e. The van der Waals surface area contributed by atoms with Gasteiger partial charge in [-0.25, -0.2) is 0 Å². The van der Waals surface area contributed by atoms with Gasteiger partial charge in [-0.1, -0.05) is 30.3 Å². The normalized spacial score (nSPS) is 15.8. The number of carbonyl (C=O) groups excluding carboxylic acids is 1. The van der Waals surface area contributed by atoms with Crippen LogP contribution in [0.3, 0.4) is 0 Å². The van der Waals surface area contributed by atoms with Gasteiger partial charge >= 0.3 is 0 Å². The average Bonchev–Trinajstić information content (AvgIpc) is 2.66. The molecular formula is C20H23NO4. The highest BCUT2D eigenvalue weighted by atomic mass is 16.5. The van der Waals surface area contributed by atoms with E-state index in [4.69, 9.17) is 14.2 Å². The molecule has 0 saturated heterocycles. The molecule has 5 heteroatoms. The number of nitrogens with zero attached hydrogens (tertiary/aromatic N) is 1. The molecule has 1 aliphatic heterocycles. The number of hydrogen-bond acceptors (Lipinski definition) is 4. The molecule has 0 spiro atoms. The zero-order valence-corrected chi connectivity index (χ0v) is 14.6. The fourth-order valence-electron chi connectivity index (χ4n) is 3.16. The molecule has 0 saturated carbocycles. The third-order valence-corrected chi connectivity index (χ3v) is 4.38. The van der Waals surface area contributed by atoms with Crippen LogP contribution >= 0.6 is 0 Å². The summed E-state index contributed by atoms with van der Waals surface area (Å²) in [5.74, 6) is 1.53. The minimum absolute atomic E-state index is 0.0352. The molecule has 3 rings (SSSR count). The number of fused-ring (bicyclic) bond motifs is 1. The van der Waals surface area contributed by atoms with Crippen LogP contribution in [0, 0.1) is 0 Å². The molecule has 1 aliphatic rings. The lowest BCUT2D eigenvalue weighted by molar-refractivity contribution is -0.139. The summed E-state index contributed by atoms with van der Waals surface area (Å²) < 4.78 is 16.2. The lowest BCUT2D eigenvalue weighted by Crippen LogP contribution is -2.39. The summed E-state index contributed by atoms with van der Waals surface area (Å²) in [6.45, 7) is 1.17. The molecule has 2 aromatic rings. The van der Waals surface area contributed by atoms with Crippen LogP contribution in [0.1, 0.15) is 23.6 Å². The lowest BCUT2D eigenvalue weighted by atomic mass is 9.97. The van der Waals surface area contributed by atoms with Crippen molar-refractivity contribution in [1.29, 1.82) is 0 Å². The van der Waals surface area contributed by atoms with Crippen molar-refractivity contribution in [3.8, 4) is 11.5 Å². The number of amides is 1. The second-order valence-electron chi connectivity index (χ2n) is 6.00. The zero-order chi connectivity index (χ0) is 17.6. The molecular weight excluding hydrogens is 318 g/mol. The Morgan fingerprint density at radius 1 is 1.20 bits per heavy atom. The van der Waals surface area contributed by atoms with Crippen LogP contribution in [0.2, 0.25) is 0 Å². The van der Waals surface area contributed by atoms with E-state index in [0.29, 0.717) is 13.2 Å². The number of ether oxygens (including phenoxy) is 3. The molecule has 0 radical (unpaired) electrons. The van der Waals surface area contributed by atoms with E-state index in [1.807, 2.05) is 53.4 Å². The smallest absolute Gasteiger partial charge is 0.249 e. The largest absolute Gasteiger partial charge is 0.497 e. The maximum atomic E-state index is 12.7. The van der Waals surface area contributed by atoms with Crippen LogP contribution in [0.4, 0.5) is 0 Å². The third kappa shape index (κ3) is 3.94. The molecule has 2 aromatic carbocycles. The molecule has 0 bridgehead atoms. The van der Waals surface area contributed by atoms with Gasteiger partial charge in [0, 0.05) is 25.6 Å². The molecule has 1 heterocycles. The van der Waals surface area contributed by atoms with Crippen LogP contribution in [-0.2, 0) is 16.1 Å². The first-order valence-electron chi connectivity index (χ1n) is 8.36. The quantitative estimate of drug-likeness (QED) is 0.810. The molecule has 5 nitrogen and oxygen atoms in total. The predicted octanol–water partition coefficient (Wildman–Crippen LogP) is 3.19. The molecule has 0 aromatic heterocycles. The standard InChI is InChI=1S/C20H23NO4/c1-23-14-20(22)21(13-15-6-4-3-5-7-15)18-10-11-25-19-9-8-16(24-2)12-17(18)19/h3-9,12,18H,10-11,13-14H2,1-2H3/t18-/m1/s1. The van der Waals surface area contributed by atoms with Crippen LogP contribution in [0.25, 0.3) is 0 Å². The number of carbonyl (C=O) groups is 1. The number of rotatable bonds is 6. The summed E-state index contributed by atoms with van der Waals surface area (Å²) >= 11 is 0. The summed E-state index contributed by atoms with van der Waals surface area (Å²) in [7, 11) is 3.18. The highest BCUT2D eigenvalue weighted by Crippen LogP contribution is 2.38. The Morgan fingerprint density at radius 2 is 2.00 bits per heavy atom. The molecule has 132 valence electrons. The minimum atomic E-state index is -0.0679. The van der Waals surface area contributed by atoms with Gasteiger partial charge in [-0.3, -0.25) is 4.79 Å². The van der Waals surface area contributed by atoms with Gasteiger partial charge < -0.3 is 19.1 Å². The van der Waals surface area contributed by atoms with E-state index in [2.05, 4.69) is 0 Å². The first-order chi connectivity index (χ1) is 12.2. The van der Waals surface area contributed by atoms with E-state index >= 15 is 0 Å². The van der Waals surface area contributed by atoms with E-state index in [1.54, 1.807) is 14.2 Å². The third-order valence-electron chi connectivity index (χ3n) is 4.38. The number of benzene rings is 2.